The van der Waals surface area contributed by atoms with Crippen LogP contribution in [-0.4, -0.2) is 25.0 Å². The average molecular weight is 348 g/mol. The molecule has 0 saturated carbocycles. The molecule has 2 aromatic carbocycles. The van der Waals surface area contributed by atoms with E-state index in [1.807, 2.05) is 0 Å². The van der Waals surface area contributed by atoms with Crippen molar-refractivity contribution in [2.45, 2.75) is 18.7 Å². The smallest absolute Gasteiger partial charge is 0.273 e. The van der Waals surface area contributed by atoms with Gasteiger partial charge in [-0.1, -0.05) is 25.1 Å². The van der Waals surface area contributed by atoms with Gasteiger partial charge in [-0.25, -0.2) is 8.42 Å². The monoisotopic (exact) mass is 348 g/mol. The number of nitro groups is 1. The first-order valence-corrected chi connectivity index (χ1v) is 8.79. The molecule has 24 heavy (non-hydrogen) atoms. The van der Waals surface area contributed by atoms with E-state index in [1.165, 1.54) is 37.3 Å². The molecule has 0 fully saturated rings. The van der Waals surface area contributed by atoms with Gasteiger partial charge in [0, 0.05) is 17.2 Å². The maximum Gasteiger partial charge on any atom is 0.273 e. The highest BCUT2D eigenvalue weighted by molar-refractivity contribution is 7.91. The molecule has 7 nitrogen and oxygen atoms in total. The molecule has 0 atom stereocenters. The minimum Gasteiger partial charge on any atom is -0.321 e. The summed E-state index contributed by atoms with van der Waals surface area (Å²) in [5, 5.41) is 13.5. The van der Waals surface area contributed by atoms with E-state index in [0.29, 0.717) is 5.56 Å². The molecule has 0 aromatic heterocycles. The van der Waals surface area contributed by atoms with Crippen LogP contribution >= 0.6 is 0 Å². The van der Waals surface area contributed by atoms with Gasteiger partial charge in [0.25, 0.3) is 11.6 Å². The summed E-state index contributed by atoms with van der Waals surface area (Å²) in [4.78, 5) is 22.8. The second kappa shape index (κ2) is 6.79. The summed E-state index contributed by atoms with van der Waals surface area (Å²) < 4.78 is 24.2. The fourth-order valence-electron chi connectivity index (χ4n) is 2.14. The number of aryl methyl sites for hydroxylation is 1. The van der Waals surface area contributed by atoms with Gasteiger partial charge in [-0.3, -0.25) is 14.9 Å². The number of nitro benzene ring substituents is 1. The topological polar surface area (TPSA) is 106 Å². The van der Waals surface area contributed by atoms with Crippen molar-refractivity contribution >= 4 is 27.1 Å². The Kier molecular flexibility index (Phi) is 4.99. The summed E-state index contributed by atoms with van der Waals surface area (Å²) in [6.07, 6.45) is 0. The van der Waals surface area contributed by atoms with Crippen LogP contribution in [0.4, 0.5) is 11.4 Å². The molecule has 0 unspecified atom stereocenters. The lowest BCUT2D eigenvalue weighted by Gasteiger charge is -2.11. The molecular weight excluding hydrogens is 332 g/mol. The van der Waals surface area contributed by atoms with Crippen LogP contribution in [0.15, 0.2) is 47.4 Å². The zero-order valence-electron chi connectivity index (χ0n) is 13.1. The van der Waals surface area contributed by atoms with E-state index in [9.17, 15) is 23.3 Å². The molecule has 0 bridgehead atoms. The highest BCUT2D eigenvalue weighted by Gasteiger charge is 2.19. The van der Waals surface area contributed by atoms with Gasteiger partial charge < -0.3 is 5.32 Å². The van der Waals surface area contributed by atoms with E-state index < -0.39 is 20.7 Å². The minimum absolute atomic E-state index is 0.0162. The van der Waals surface area contributed by atoms with Gasteiger partial charge in [0.1, 0.15) is 0 Å². The quantitative estimate of drug-likeness (QED) is 0.660. The number of nitrogens with one attached hydrogen (secondary N) is 1. The van der Waals surface area contributed by atoms with Gasteiger partial charge in [0.2, 0.25) is 0 Å². The first-order valence-electron chi connectivity index (χ1n) is 7.14. The number of amides is 1. The molecule has 0 aliphatic rings. The number of anilines is 1. The van der Waals surface area contributed by atoms with E-state index in [4.69, 9.17) is 0 Å². The van der Waals surface area contributed by atoms with E-state index in [0.717, 1.165) is 0 Å². The van der Waals surface area contributed by atoms with E-state index in [-0.39, 0.29) is 27.6 Å². The third kappa shape index (κ3) is 3.60. The Morgan fingerprint density at radius 1 is 1.21 bits per heavy atom. The molecule has 0 heterocycles. The van der Waals surface area contributed by atoms with Gasteiger partial charge >= 0.3 is 0 Å². The number of carbonyl (C=O) groups is 1. The lowest BCUT2D eigenvalue weighted by Crippen LogP contribution is -2.15. The summed E-state index contributed by atoms with van der Waals surface area (Å²) >= 11 is 0. The first-order chi connectivity index (χ1) is 11.3. The van der Waals surface area contributed by atoms with E-state index >= 15 is 0 Å². The normalized spacial score (nSPS) is 11.1. The van der Waals surface area contributed by atoms with Gasteiger partial charge in [-0.2, -0.15) is 0 Å². The zero-order valence-corrected chi connectivity index (χ0v) is 14.0. The molecule has 1 N–H and O–H groups in total. The summed E-state index contributed by atoms with van der Waals surface area (Å²) in [5.41, 5.74) is 0.492. The van der Waals surface area contributed by atoms with Crippen molar-refractivity contribution in [2.24, 2.45) is 0 Å². The molecule has 0 aliphatic heterocycles. The maximum atomic E-state index is 12.3. The Hall–Kier alpha value is -2.74. The number of rotatable bonds is 5. The van der Waals surface area contributed by atoms with Crippen molar-refractivity contribution in [1.29, 1.82) is 0 Å². The van der Waals surface area contributed by atoms with E-state index in [2.05, 4.69) is 5.32 Å². The van der Waals surface area contributed by atoms with E-state index in [1.54, 1.807) is 19.1 Å². The number of nitrogens with zero attached hydrogens (tertiary/aromatic N) is 1. The molecule has 0 spiro atoms. The molecule has 0 saturated heterocycles. The average Bonchev–Trinajstić information content (AvgIpc) is 2.55. The van der Waals surface area contributed by atoms with Crippen molar-refractivity contribution in [3.05, 3.63) is 63.7 Å². The van der Waals surface area contributed by atoms with Crippen molar-refractivity contribution in [2.75, 3.05) is 11.1 Å². The first kappa shape index (κ1) is 17.6. The van der Waals surface area contributed by atoms with Crippen LogP contribution in [0.5, 0.6) is 0 Å². The van der Waals surface area contributed by atoms with Gasteiger partial charge in [-0.15, -0.1) is 0 Å². The molecule has 2 aromatic rings. The fourth-order valence-corrected chi connectivity index (χ4v) is 3.19. The van der Waals surface area contributed by atoms with Crippen LogP contribution in [0.25, 0.3) is 0 Å². The summed E-state index contributed by atoms with van der Waals surface area (Å²) in [6.45, 7) is 3.08. The lowest BCUT2D eigenvalue weighted by atomic mass is 10.1. The Bertz CT molecular complexity index is 906. The van der Waals surface area contributed by atoms with Crippen LogP contribution < -0.4 is 5.32 Å². The second-order valence-corrected chi connectivity index (χ2v) is 7.36. The third-order valence-electron chi connectivity index (χ3n) is 3.52. The van der Waals surface area contributed by atoms with Crippen LogP contribution in [0.1, 0.15) is 22.8 Å². The molecular formula is C16H16N2O5S. The van der Waals surface area contributed by atoms with Crippen LogP contribution in [0.2, 0.25) is 0 Å². The minimum atomic E-state index is -3.51. The van der Waals surface area contributed by atoms with Gasteiger partial charge in [-0.05, 0) is 25.1 Å². The third-order valence-corrected chi connectivity index (χ3v) is 5.30. The molecule has 2 rings (SSSR count). The standard InChI is InChI=1S/C16H16N2O5S/c1-3-24(22,23)15-7-5-4-6-13(15)17-16(19)12-9-8-11(2)14(10-12)18(20)21/h4-10H,3H2,1-2H3,(H,17,19). The molecule has 126 valence electrons. The van der Waals surface area contributed by atoms with Crippen molar-refractivity contribution < 1.29 is 18.1 Å². The predicted octanol–water partition coefficient (Wildman–Crippen LogP) is 2.95. The molecule has 0 aliphatic carbocycles. The number of hydrogen-bond acceptors (Lipinski definition) is 5. The van der Waals surface area contributed by atoms with Crippen LogP contribution in [0, 0.1) is 17.0 Å². The van der Waals surface area contributed by atoms with Crippen molar-refractivity contribution in [3.63, 3.8) is 0 Å². The number of sulfone groups is 1. The Morgan fingerprint density at radius 2 is 1.88 bits per heavy atom. The highest BCUT2D eigenvalue weighted by atomic mass is 32.2. The summed E-state index contributed by atoms with van der Waals surface area (Å²) in [5.74, 6) is -0.715. The lowest BCUT2D eigenvalue weighted by molar-refractivity contribution is -0.385. The Morgan fingerprint density at radius 3 is 2.50 bits per heavy atom. The van der Waals surface area contributed by atoms with Crippen molar-refractivity contribution in [3.8, 4) is 0 Å². The number of hydrogen-bond donors (Lipinski definition) is 1. The van der Waals surface area contributed by atoms with Crippen LogP contribution in [0.3, 0.4) is 0 Å². The predicted molar refractivity (Wildman–Crippen MR) is 90.0 cm³/mol. The largest absolute Gasteiger partial charge is 0.321 e. The number of para-hydroxylation sites is 1. The second-order valence-electron chi connectivity index (χ2n) is 5.11. The molecule has 8 heteroatoms. The highest BCUT2D eigenvalue weighted by Crippen LogP contribution is 2.24. The number of carbonyl (C=O) groups excluding carboxylic acids is 1. The van der Waals surface area contributed by atoms with Gasteiger partial charge in [0.15, 0.2) is 9.84 Å². The fraction of sp³-hybridized carbons (Fsp3) is 0.188. The van der Waals surface area contributed by atoms with Gasteiger partial charge in [0.05, 0.1) is 21.3 Å². The molecule has 0 radical (unpaired) electrons. The molecule has 1 amide bonds. The number of benzene rings is 2. The maximum absolute atomic E-state index is 12.3. The summed E-state index contributed by atoms with van der Waals surface area (Å²) in [7, 11) is -3.51. The van der Waals surface area contributed by atoms with Crippen LogP contribution in [-0.2, 0) is 9.84 Å². The SMILES string of the molecule is CCS(=O)(=O)c1ccccc1NC(=O)c1ccc(C)c([N+](=O)[O-])c1. The van der Waals surface area contributed by atoms with Crippen molar-refractivity contribution in [1.82, 2.24) is 0 Å². The zero-order chi connectivity index (χ0) is 17.9. The Labute approximate surface area is 139 Å². The Balaban J connectivity index is 2.38. The summed E-state index contributed by atoms with van der Waals surface area (Å²) in [6, 6.07) is 10.1.